The summed E-state index contributed by atoms with van der Waals surface area (Å²) in [6.07, 6.45) is 2.55. The number of aromatic nitrogens is 1. The van der Waals surface area contributed by atoms with E-state index in [9.17, 15) is 0 Å². The number of nitrogens with zero attached hydrogens (tertiary/aromatic N) is 1. The maximum absolute atomic E-state index is 5.77. The van der Waals surface area contributed by atoms with Crippen LogP contribution in [-0.4, -0.2) is 18.7 Å². The average molecular weight is 258 g/mol. The molecular formula is C15H18N2O2. The summed E-state index contributed by atoms with van der Waals surface area (Å²) >= 11 is 0. The molecule has 0 aliphatic rings. The van der Waals surface area contributed by atoms with Gasteiger partial charge in [-0.3, -0.25) is 4.98 Å². The third-order valence-corrected chi connectivity index (χ3v) is 2.84. The molecule has 1 aromatic heterocycles. The second kappa shape index (κ2) is 6.75. The van der Waals surface area contributed by atoms with Gasteiger partial charge >= 0.3 is 0 Å². The van der Waals surface area contributed by atoms with E-state index in [1.807, 2.05) is 36.4 Å². The Morgan fingerprint density at radius 3 is 2.79 bits per heavy atom. The van der Waals surface area contributed by atoms with Crippen molar-refractivity contribution in [3.8, 4) is 11.5 Å². The molecular weight excluding hydrogens is 240 g/mol. The highest BCUT2D eigenvalue weighted by molar-refractivity contribution is 5.40. The largest absolute Gasteiger partial charge is 0.497 e. The van der Waals surface area contributed by atoms with Crippen molar-refractivity contribution in [2.45, 2.75) is 13.0 Å². The van der Waals surface area contributed by atoms with E-state index in [0.29, 0.717) is 13.2 Å². The van der Waals surface area contributed by atoms with Gasteiger partial charge in [-0.1, -0.05) is 12.1 Å². The molecule has 0 aliphatic heterocycles. The number of nitrogens with two attached hydrogens (primary N) is 1. The van der Waals surface area contributed by atoms with Crippen LogP contribution in [0.25, 0.3) is 0 Å². The first kappa shape index (κ1) is 13.4. The standard InChI is InChI=1S/C15H18N2O2/c1-18-14-6-5-12(11-16)15(10-14)19-9-7-13-4-2-3-8-17-13/h2-6,8,10H,7,9,11,16H2,1H3. The van der Waals surface area contributed by atoms with Gasteiger partial charge in [0.1, 0.15) is 11.5 Å². The molecule has 0 bridgehead atoms. The molecule has 1 aromatic carbocycles. The van der Waals surface area contributed by atoms with Gasteiger partial charge < -0.3 is 15.2 Å². The second-order valence-corrected chi connectivity index (χ2v) is 4.10. The molecule has 0 amide bonds. The highest BCUT2D eigenvalue weighted by Gasteiger charge is 2.05. The van der Waals surface area contributed by atoms with Gasteiger partial charge in [-0.05, 0) is 18.2 Å². The van der Waals surface area contributed by atoms with Crippen LogP contribution in [0.4, 0.5) is 0 Å². The van der Waals surface area contributed by atoms with Gasteiger partial charge in [0, 0.05) is 36.5 Å². The Hall–Kier alpha value is -2.07. The normalized spacial score (nSPS) is 10.2. The van der Waals surface area contributed by atoms with Gasteiger partial charge in [-0.15, -0.1) is 0 Å². The highest BCUT2D eigenvalue weighted by atomic mass is 16.5. The zero-order chi connectivity index (χ0) is 13.5. The molecule has 100 valence electrons. The summed E-state index contributed by atoms with van der Waals surface area (Å²) in [6.45, 7) is 1.01. The van der Waals surface area contributed by atoms with Crippen molar-refractivity contribution in [2.24, 2.45) is 5.73 Å². The number of rotatable bonds is 6. The highest BCUT2D eigenvalue weighted by Crippen LogP contribution is 2.24. The molecule has 2 rings (SSSR count). The first-order valence-corrected chi connectivity index (χ1v) is 6.23. The Kier molecular flexibility index (Phi) is 4.75. The van der Waals surface area contributed by atoms with Gasteiger partial charge in [0.25, 0.3) is 0 Å². The molecule has 2 N–H and O–H groups in total. The first-order valence-electron chi connectivity index (χ1n) is 6.23. The molecule has 0 radical (unpaired) electrons. The number of hydrogen-bond donors (Lipinski definition) is 1. The summed E-state index contributed by atoms with van der Waals surface area (Å²) in [6, 6.07) is 11.5. The van der Waals surface area contributed by atoms with Crippen LogP contribution >= 0.6 is 0 Å². The Morgan fingerprint density at radius 2 is 2.11 bits per heavy atom. The SMILES string of the molecule is COc1ccc(CN)c(OCCc2ccccn2)c1. The minimum Gasteiger partial charge on any atom is -0.497 e. The summed E-state index contributed by atoms with van der Waals surface area (Å²) in [7, 11) is 1.63. The second-order valence-electron chi connectivity index (χ2n) is 4.10. The van der Waals surface area contributed by atoms with E-state index in [0.717, 1.165) is 29.2 Å². The Morgan fingerprint density at radius 1 is 1.21 bits per heavy atom. The third kappa shape index (κ3) is 3.69. The van der Waals surface area contributed by atoms with E-state index < -0.39 is 0 Å². The Balaban J connectivity index is 1.98. The van der Waals surface area contributed by atoms with Crippen molar-refractivity contribution in [1.29, 1.82) is 0 Å². The number of pyridine rings is 1. The number of benzene rings is 1. The van der Waals surface area contributed by atoms with E-state index in [4.69, 9.17) is 15.2 Å². The lowest BCUT2D eigenvalue weighted by Crippen LogP contribution is -2.06. The summed E-state index contributed by atoms with van der Waals surface area (Å²) < 4.78 is 11.0. The molecule has 2 aromatic rings. The monoisotopic (exact) mass is 258 g/mol. The van der Waals surface area contributed by atoms with Crippen molar-refractivity contribution < 1.29 is 9.47 Å². The molecule has 19 heavy (non-hydrogen) atoms. The third-order valence-electron chi connectivity index (χ3n) is 2.84. The molecule has 0 saturated heterocycles. The maximum atomic E-state index is 5.77. The van der Waals surface area contributed by atoms with Crippen LogP contribution < -0.4 is 15.2 Å². The van der Waals surface area contributed by atoms with Crippen LogP contribution in [-0.2, 0) is 13.0 Å². The van der Waals surface area contributed by atoms with E-state index in [2.05, 4.69) is 4.98 Å². The number of hydrogen-bond acceptors (Lipinski definition) is 4. The smallest absolute Gasteiger partial charge is 0.127 e. The van der Waals surface area contributed by atoms with Crippen molar-refractivity contribution in [3.63, 3.8) is 0 Å². The quantitative estimate of drug-likeness (QED) is 0.862. The zero-order valence-corrected chi connectivity index (χ0v) is 11.0. The topological polar surface area (TPSA) is 57.4 Å². The van der Waals surface area contributed by atoms with Crippen LogP contribution in [0.1, 0.15) is 11.3 Å². The van der Waals surface area contributed by atoms with Gasteiger partial charge in [0.15, 0.2) is 0 Å². The van der Waals surface area contributed by atoms with Crippen molar-refractivity contribution in [2.75, 3.05) is 13.7 Å². The summed E-state index contributed by atoms with van der Waals surface area (Å²) in [5, 5.41) is 0. The van der Waals surface area contributed by atoms with Crippen molar-refractivity contribution in [3.05, 3.63) is 53.9 Å². The number of ether oxygens (including phenoxy) is 2. The van der Waals surface area contributed by atoms with Gasteiger partial charge in [0.2, 0.25) is 0 Å². The van der Waals surface area contributed by atoms with Gasteiger partial charge in [-0.2, -0.15) is 0 Å². The van der Waals surface area contributed by atoms with E-state index in [1.54, 1.807) is 13.3 Å². The van der Waals surface area contributed by atoms with Crippen molar-refractivity contribution >= 4 is 0 Å². The zero-order valence-electron chi connectivity index (χ0n) is 11.0. The van der Waals surface area contributed by atoms with Crippen LogP contribution in [0.15, 0.2) is 42.6 Å². The fraction of sp³-hybridized carbons (Fsp3) is 0.267. The predicted octanol–water partition coefficient (Wildman–Crippen LogP) is 2.17. The van der Waals surface area contributed by atoms with Crippen LogP contribution in [0.5, 0.6) is 11.5 Å². The molecule has 0 spiro atoms. The fourth-order valence-corrected chi connectivity index (χ4v) is 1.78. The average Bonchev–Trinajstić information content (AvgIpc) is 2.48. The minimum atomic E-state index is 0.447. The summed E-state index contributed by atoms with van der Waals surface area (Å²) in [5.41, 5.74) is 7.68. The molecule has 1 heterocycles. The molecule has 0 atom stereocenters. The van der Waals surface area contributed by atoms with Crippen LogP contribution in [0.2, 0.25) is 0 Å². The minimum absolute atomic E-state index is 0.447. The summed E-state index contributed by atoms with van der Waals surface area (Å²) in [5.74, 6) is 1.54. The van der Waals surface area contributed by atoms with E-state index >= 15 is 0 Å². The lowest BCUT2D eigenvalue weighted by atomic mass is 10.2. The molecule has 4 heteroatoms. The Labute approximate surface area is 113 Å². The fourth-order valence-electron chi connectivity index (χ4n) is 1.78. The van der Waals surface area contributed by atoms with Gasteiger partial charge in [0.05, 0.1) is 13.7 Å². The van der Waals surface area contributed by atoms with Crippen molar-refractivity contribution in [1.82, 2.24) is 4.98 Å². The van der Waals surface area contributed by atoms with Gasteiger partial charge in [-0.25, -0.2) is 0 Å². The Bertz CT molecular complexity index is 515. The molecule has 0 aliphatic carbocycles. The van der Waals surface area contributed by atoms with E-state index in [-0.39, 0.29) is 0 Å². The molecule has 4 nitrogen and oxygen atoms in total. The predicted molar refractivity (Wildman–Crippen MR) is 74.3 cm³/mol. The van der Waals surface area contributed by atoms with E-state index in [1.165, 1.54) is 0 Å². The maximum Gasteiger partial charge on any atom is 0.127 e. The van der Waals surface area contributed by atoms with Crippen LogP contribution in [0.3, 0.4) is 0 Å². The lowest BCUT2D eigenvalue weighted by Gasteiger charge is -2.11. The lowest BCUT2D eigenvalue weighted by molar-refractivity contribution is 0.314. The molecule has 0 fully saturated rings. The molecule has 0 unspecified atom stereocenters. The molecule has 0 saturated carbocycles. The number of methoxy groups -OCH3 is 1. The van der Waals surface area contributed by atoms with Crippen LogP contribution in [0, 0.1) is 0 Å². The first-order chi connectivity index (χ1) is 9.33. The summed E-state index contributed by atoms with van der Waals surface area (Å²) in [4.78, 5) is 4.26.